The van der Waals surface area contributed by atoms with Crippen molar-refractivity contribution in [2.45, 2.75) is 0 Å². The Hall–Kier alpha value is -2.71. The van der Waals surface area contributed by atoms with Crippen LogP contribution in [0.2, 0.25) is 0 Å². The van der Waals surface area contributed by atoms with Gasteiger partial charge in [-0.25, -0.2) is 0 Å². The Kier molecular flexibility index (Phi) is 3.77. The largest absolute Gasteiger partial charge is 0.492 e. The standard InChI is InChI=1S/C9H8N2O7/c1-17-7-3-6(10(13)14)5(4-12)8(11(15)16)9(7)18-2/h3-4H,1-2H3. The lowest BCUT2D eigenvalue weighted by molar-refractivity contribution is -0.395. The maximum absolute atomic E-state index is 10.9. The van der Waals surface area contributed by atoms with Gasteiger partial charge < -0.3 is 9.47 Å². The Morgan fingerprint density at radius 2 is 1.78 bits per heavy atom. The first kappa shape index (κ1) is 13.4. The van der Waals surface area contributed by atoms with E-state index in [2.05, 4.69) is 0 Å². The fourth-order valence-corrected chi connectivity index (χ4v) is 1.43. The molecular formula is C9H8N2O7. The van der Waals surface area contributed by atoms with Gasteiger partial charge in [-0.1, -0.05) is 0 Å². The SMILES string of the molecule is COc1cc([N+](=O)[O-])c(C=O)c([N+](=O)[O-])c1OC. The Bertz CT molecular complexity index is 526. The van der Waals surface area contributed by atoms with E-state index in [4.69, 9.17) is 9.47 Å². The summed E-state index contributed by atoms with van der Waals surface area (Å²) in [6.07, 6.45) is 0.0399. The lowest BCUT2D eigenvalue weighted by atomic mass is 10.1. The van der Waals surface area contributed by atoms with Crippen LogP contribution in [0.5, 0.6) is 11.5 Å². The minimum atomic E-state index is -0.932. The predicted molar refractivity (Wildman–Crippen MR) is 58.2 cm³/mol. The van der Waals surface area contributed by atoms with Crippen LogP contribution in [0.15, 0.2) is 6.07 Å². The monoisotopic (exact) mass is 256 g/mol. The highest BCUT2D eigenvalue weighted by Crippen LogP contribution is 2.43. The van der Waals surface area contributed by atoms with Crippen molar-refractivity contribution in [3.8, 4) is 11.5 Å². The van der Waals surface area contributed by atoms with Crippen LogP contribution < -0.4 is 9.47 Å². The minimum Gasteiger partial charge on any atom is -0.492 e. The number of nitro groups is 2. The number of nitrogens with zero attached hydrogens (tertiary/aromatic N) is 2. The summed E-state index contributed by atoms with van der Waals surface area (Å²) in [5.41, 5.74) is -2.17. The number of benzene rings is 1. The van der Waals surface area contributed by atoms with Crippen LogP contribution in [-0.2, 0) is 0 Å². The molecular weight excluding hydrogens is 248 g/mol. The molecule has 0 radical (unpaired) electrons. The van der Waals surface area contributed by atoms with Gasteiger partial charge in [0.05, 0.1) is 30.1 Å². The van der Waals surface area contributed by atoms with E-state index in [0.717, 1.165) is 13.2 Å². The third kappa shape index (κ3) is 2.05. The summed E-state index contributed by atoms with van der Waals surface area (Å²) in [5, 5.41) is 21.6. The third-order valence-electron chi connectivity index (χ3n) is 2.16. The van der Waals surface area contributed by atoms with Crippen LogP contribution in [0.25, 0.3) is 0 Å². The topological polar surface area (TPSA) is 122 Å². The van der Waals surface area contributed by atoms with Crippen LogP contribution in [0.1, 0.15) is 10.4 Å². The van der Waals surface area contributed by atoms with Crippen LogP contribution in [-0.4, -0.2) is 30.4 Å². The second-order valence-electron chi connectivity index (χ2n) is 3.03. The van der Waals surface area contributed by atoms with Gasteiger partial charge in [-0.2, -0.15) is 0 Å². The highest BCUT2D eigenvalue weighted by atomic mass is 16.6. The lowest BCUT2D eigenvalue weighted by Crippen LogP contribution is -2.04. The predicted octanol–water partition coefficient (Wildman–Crippen LogP) is 1.33. The van der Waals surface area contributed by atoms with Gasteiger partial charge in [0.1, 0.15) is 0 Å². The molecule has 96 valence electrons. The molecule has 0 unspecified atom stereocenters. The van der Waals surface area contributed by atoms with E-state index in [9.17, 15) is 25.0 Å². The second-order valence-corrected chi connectivity index (χ2v) is 3.03. The van der Waals surface area contributed by atoms with E-state index in [1.807, 2.05) is 0 Å². The third-order valence-corrected chi connectivity index (χ3v) is 2.16. The van der Waals surface area contributed by atoms with Crippen molar-refractivity contribution in [1.29, 1.82) is 0 Å². The number of aldehydes is 1. The summed E-state index contributed by atoms with van der Waals surface area (Å²) in [7, 11) is 2.30. The zero-order valence-electron chi connectivity index (χ0n) is 9.41. The van der Waals surface area contributed by atoms with E-state index in [1.165, 1.54) is 7.11 Å². The number of methoxy groups -OCH3 is 2. The fourth-order valence-electron chi connectivity index (χ4n) is 1.43. The normalized spacial score (nSPS) is 9.67. The maximum atomic E-state index is 10.9. The van der Waals surface area contributed by atoms with Crippen molar-refractivity contribution in [3.63, 3.8) is 0 Å². The molecule has 0 fully saturated rings. The minimum absolute atomic E-state index is 0.0399. The van der Waals surface area contributed by atoms with Crippen molar-refractivity contribution >= 4 is 17.7 Å². The number of carbonyl (C=O) groups is 1. The Balaban J connectivity index is 3.80. The van der Waals surface area contributed by atoms with E-state index in [0.29, 0.717) is 0 Å². The highest BCUT2D eigenvalue weighted by molar-refractivity contribution is 5.91. The van der Waals surface area contributed by atoms with Gasteiger partial charge >= 0.3 is 5.69 Å². The zero-order chi connectivity index (χ0) is 13.9. The van der Waals surface area contributed by atoms with Crippen LogP contribution in [0.4, 0.5) is 11.4 Å². The molecule has 0 N–H and O–H groups in total. The molecule has 0 saturated carbocycles. The van der Waals surface area contributed by atoms with Gasteiger partial charge in [0, 0.05) is 0 Å². The van der Waals surface area contributed by atoms with Crippen LogP contribution in [0.3, 0.4) is 0 Å². The van der Waals surface area contributed by atoms with Gasteiger partial charge in [-0.15, -0.1) is 0 Å². The van der Waals surface area contributed by atoms with Gasteiger partial charge in [0.2, 0.25) is 5.75 Å². The Morgan fingerprint density at radius 1 is 1.17 bits per heavy atom. The highest BCUT2D eigenvalue weighted by Gasteiger charge is 2.33. The van der Waals surface area contributed by atoms with Crippen molar-refractivity contribution in [3.05, 3.63) is 31.9 Å². The molecule has 1 aromatic carbocycles. The number of nitro benzene ring substituents is 2. The molecule has 0 aliphatic rings. The molecule has 18 heavy (non-hydrogen) atoms. The van der Waals surface area contributed by atoms with Crippen molar-refractivity contribution in [2.75, 3.05) is 14.2 Å². The molecule has 0 aromatic heterocycles. The van der Waals surface area contributed by atoms with Crippen molar-refractivity contribution < 1.29 is 24.1 Å². The molecule has 1 rings (SSSR count). The maximum Gasteiger partial charge on any atom is 0.332 e. The van der Waals surface area contributed by atoms with Crippen LogP contribution in [0, 0.1) is 20.2 Å². The number of hydrogen-bond acceptors (Lipinski definition) is 7. The van der Waals surface area contributed by atoms with Gasteiger partial charge in [0.25, 0.3) is 5.69 Å². The summed E-state index contributed by atoms with van der Waals surface area (Å²) in [6, 6.07) is 0.898. The van der Waals surface area contributed by atoms with E-state index >= 15 is 0 Å². The molecule has 9 heteroatoms. The number of hydrogen-bond donors (Lipinski definition) is 0. The fraction of sp³-hybridized carbons (Fsp3) is 0.222. The summed E-state index contributed by atoms with van der Waals surface area (Å²) in [5.74, 6) is -0.531. The van der Waals surface area contributed by atoms with Crippen molar-refractivity contribution in [1.82, 2.24) is 0 Å². The molecule has 0 heterocycles. The molecule has 0 aliphatic carbocycles. The first-order valence-electron chi connectivity index (χ1n) is 4.50. The van der Waals surface area contributed by atoms with Gasteiger partial charge in [-0.05, 0) is 0 Å². The average molecular weight is 256 g/mol. The van der Waals surface area contributed by atoms with E-state index < -0.39 is 26.8 Å². The molecule has 0 atom stereocenters. The molecule has 0 saturated heterocycles. The Morgan fingerprint density at radius 3 is 2.11 bits per heavy atom. The second kappa shape index (κ2) is 5.08. The van der Waals surface area contributed by atoms with Gasteiger partial charge in [0.15, 0.2) is 17.6 Å². The summed E-state index contributed by atoms with van der Waals surface area (Å²) in [6.45, 7) is 0. The van der Waals surface area contributed by atoms with Crippen LogP contribution >= 0.6 is 0 Å². The summed E-state index contributed by atoms with van der Waals surface area (Å²) in [4.78, 5) is 30.6. The average Bonchev–Trinajstić information content (AvgIpc) is 2.35. The molecule has 0 aliphatic heterocycles. The molecule has 0 spiro atoms. The first-order valence-corrected chi connectivity index (χ1v) is 4.50. The summed E-state index contributed by atoms with van der Waals surface area (Å²) >= 11 is 0. The first-order chi connectivity index (χ1) is 8.47. The van der Waals surface area contributed by atoms with Crippen molar-refractivity contribution in [2.24, 2.45) is 0 Å². The molecule has 0 bridgehead atoms. The molecule has 1 aromatic rings. The smallest absolute Gasteiger partial charge is 0.332 e. The zero-order valence-corrected chi connectivity index (χ0v) is 9.41. The number of carbonyl (C=O) groups excluding carboxylic acids is 1. The lowest BCUT2D eigenvalue weighted by Gasteiger charge is -2.09. The quantitative estimate of drug-likeness (QED) is 0.442. The molecule has 9 nitrogen and oxygen atoms in total. The molecule has 0 amide bonds. The summed E-state index contributed by atoms with van der Waals surface area (Å²) < 4.78 is 9.53. The van der Waals surface area contributed by atoms with Gasteiger partial charge in [-0.3, -0.25) is 25.0 Å². The van der Waals surface area contributed by atoms with E-state index in [1.54, 1.807) is 0 Å². The number of rotatable bonds is 5. The Labute approximate surface area is 100 Å². The van der Waals surface area contributed by atoms with E-state index in [-0.39, 0.29) is 17.8 Å². The number of ether oxygens (including phenoxy) is 2.